The molecule has 0 spiro atoms. The van der Waals surface area contributed by atoms with Crippen LogP contribution in [-0.2, 0) is 0 Å². The summed E-state index contributed by atoms with van der Waals surface area (Å²) in [6.45, 7) is 7.55. The predicted molar refractivity (Wildman–Crippen MR) is 158 cm³/mol. The lowest BCUT2D eigenvalue weighted by molar-refractivity contribution is -0.274. The minimum absolute atomic E-state index is 0.298. The van der Waals surface area contributed by atoms with Crippen molar-refractivity contribution in [3.8, 4) is 22.8 Å². The van der Waals surface area contributed by atoms with Crippen molar-refractivity contribution in [3.63, 3.8) is 0 Å². The fraction of sp³-hybridized carbons (Fsp3) is 0.267. The number of alkyl halides is 3. The number of benzene rings is 3. The van der Waals surface area contributed by atoms with Crippen LogP contribution in [0.15, 0.2) is 89.3 Å². The monoisotopic (exact) mass is 578 g/mol. The molecule has 0 saturated carbocycles. The number of nitrogens with zero attached hydrogens (tertiary/aromatic N) is 6. The maximum Gasteiger partial charge on any atom is 0.573 e. The summed E-state index contributed by atoms with van der Waals surface area (Å²) in [7, 11) is 0. The number of para-hydroxylation sites is 1. The molecule has 1 aromatic heterocycles. The second kappa shape index (κ2) is 12.2. The van der Waals surface area contributed by atoms with Gasteiger partial charge in [-0.2, -0.15) is 5.10 Å². The molecule has 2 heterocycles. The van der Waals surface area contributed by atoms with Gasteiger partial charge < -0.3 is 9.64 Å². The normalized spacial score (nSPS) is 17.1. The summed E-state index contributed by atoms with van der Waals surface area (Å²) in [5, 5.41) is 14.3. The van der Waals surface area contributed by atoms with Crippen LogP contribution in [-0.4, -0.2) is 44.8 Å². The van der Waals surface area contributed by atoms with Crippen molar-refractivity contribution in [3.05, 3.63) is 90.3 Å². The maximum atomic E-state index is 12.4. The molecule has 0 aliphatic carbocycles. The highest BCUT2D eigenvalue weighted by Gasteiger charge is 2.31. The summed E-state index contributed by atoms with van der Waals surface area (Å²) in [6.07, 6.45) is -1.51. The average Bonchev–Trinajstić information content (AvgIpc) is 3.44. The van der Waals surface area contributed by atoms with E-state index < -0.39 is 6.36 Å². The van der Waals surface area contributed by atoms with Crippen LogP contribution in [0, 0.1) is 5.92 Å². The highest BCUT2D eigenvalue weighted by Crippen LogP contribution is 2.33. The van der Waals surface area contributed by atoms with Gasteiger partial charge in [-0.05, 0) is 53.3 Å². The van der Waals surface area contributed by atoms with Crippen molar-refractivity contribution >= 4 is 28.8 Å². The number of anilines is 1. The van der Waals surface area contributed by atoms with E-state index in [1.807, 2.05) is 24.3 Å². The van der Waals surface area contributed by atoms with Crippen LogP contribution in [0.2, 0.25) is 0 Å². The van der Waals surface area contributed by atoms with Crippen molar-refractivity contribution in [1.82, 2.24) is 14.8 Å². The predicted octanol–water partition coefficient (Wildman–Crippen LogP) is 7.54. The zero-order valence-corrected chi connectivity index (χ0v) is 23.6. The van der Waals surface area contributed by atoms with E-state index >= 15 is 0 Å². The van der Waals surface area contributed by atoms with Crippen molar-refractivity contribution in [2.75, 3.05) is 17.2 Å². The molecule has 11 heteroatoms. The molecule has 4 aromatic rings. The van der Waals surface area contributed by atoms with Crippen molar-refractivity contribution in [1.29, 1.82) is 0 Å². The molecule has 212 valence electrons. The second-order valence-corrected chi connectivity index (χ2v) is 11.0. The Bertz CT molecular complexity index is 1530. The number of hydrogen-bond donors (Lipinski definition) is 0. The smallest absolute Gasteiger partial charge is 0.406 e. The van der Waals surface area contributed by atoms with Gasteiger partial charge in [0.05, 0.1) is 11.9 Å². The van der Waals surface area contributed by atoms with Gasteiger partial charge in [-0.3, -0.25) is 0 Å². The van der Waals surface area contributed by atoms with Gasteiger partial charge in [0.2, 0.25) is 0 Å². The number of halogens is 3. The Hall–Kier alpha value is -4.12. The number of rotatable bonds is 7. The standard InChI is InChI=1S/C30H29F3N6OS/c1-20(2)26-6-4-5-7-27(26)38-17-21(3)18-41-29(38)36-35-16-22-8-10-23(11-9-22)28-34-19-39(37-28)24-12-14-25(15-13-24)40-30(31,32)33/h4-16,19-21H,17-18H2,1-3H3/b35-16-,36-29+. The van der Waals surface area contributed by atoms with Crippen molar-refractivity contribution in [2.24, 2.45) is 16.1 Å². The number of aromatic nitrogens is 3. The molecule has 41 heavy (non-hydrogen) atoms. The molecule has 1 aliphatic heterocycles. The first-order valence-corrected chi connectivity index (χ1v) is 14.1. The van der Waals surface area contributed by atoms with Crippen LogP contribution in [0.3, 0.4) is 0 Å². The van der Waals surface area contributed by atoms with E-state index in [-0.39, 0.29) is 5.75 Å². The van der Waals surface area contributed by atoms with E-state index in [9.17, 15) is 13.2 Å². The van der Waals surface area contributed by atoms with Gasteiger partial charge in [-0.25, -0.2) is 9.67 Å². The first-order chi connectivity index (χ1) is 19.7. The van der Waals surface area contributed by atoms with Crippen LogP contribution in [0.1, 0.15) is 37.8 Å². The number of ether oxygens (including phenoxy) is 1. The zero-order valence-electron chi connectivity index (χ0n) is 22.8. The third-order valence-corrected chi connectivity index (χ3v) is 7.71. The molecule has 0 radical (unpaired) electrons. The van der Waals surface area contributed by atoms with Crippen molar-refractivity contribution in [2.45, 2.75) is 33.1 Å². The maximum absolute atomic E-state index is 12.4. The SMILES string of the molecule is CC1CS/C(=N/N=C\c2ccc(-c3ncn(-c4ccc(OC(F)(F)F)cc4)n3)cc2)N(c2ccccc2C(C)C)C1. The Morgan fingerprint density at radius 1 is 1.02 bits per heavy atom. The molecular weight excluding hydrogens is 549 g/mol. The van der Waals surface area contributed by atoms with Crippen LogP contribution in [0.4, 0.5) is 18.9 Å². The summed E-state index contributed by atoms with van der Waals surface area (Å²) in [5.41, 5.74) is 4.69. The summed E-state index contributed by atoms with van der Waals surface area (Å²) in [6, 6.07) is 21.5. The van der Waals surface area contributed by atoms with E-state index in [1.54, 1.807) is 18.0 Å². The summed E-state index contributed by atoms with van der Waals surface area (Å²) in [5.74, 6) is 2.12. The van der Waals surface area contributed by atoms with E-state index in [0.29, 0.717) is 23.3 Å². The largest absolute Gasteiger partial charge is 0.573 e. The molecule has 0 amide bonds. The van der Waals surface area contributed by atoms with Crippen molar-refractivity contribution < 1.29 is 17.9 Å². The first kappa shape index (κ1) is 28.4. The Labute approximate surface area is 240 Å². The highest BCUT2D eigenvalue weighted by molar-refractivity contribution is 8.14. The third-order valence-electron chi connectivity index (χ3n) is 6.42. The number of thioether (sulfide) groups is 1. The molecule has 1 fully saturated rings. The van der Waals surface area contributed by atoms with Crippen LogP contribution in [0.5, 0.6) is 5.75 Å². The lowest BCUT2D eigenvalue weighted by Gasteiger charge is -2.34. The third kappa shape index (κ3) is 7.15. The van der Waals surface area contributed by atoms with E-state index in [2.05, 4.69) is 75.0 Å². The van der Waals surface area contributed by atoms with Gasteiger partial charge in [-0.15, -0.1) is 23.4 Å². The average molecular weight is 579 g/mol. The van der Waals surface area contributed by atoms with Gasteiger partial charge in [0.25, 0.3) is 0 Å². The summed E-state index contributed by atoms with van der Waals surface area (Å²) < 4.78 is 42.6. The second-order valence-electron chi connectivity index (χ2n) is 10.0. The molecule has 1 unspecified atom stereocenters. The zero-order chi connectivity index (χ0) is 29.0. The van der Waals surface area contributed by atoms with Gasteiger partial charge >= 0.3 is 6.36 Å². The molecule has 7 nitrogen and oxygen atoms in total. The molecule has 5 rings (SSSR count). The molecular formula is C30H29F3N6OS. The molecule has 1 atom stereocenters. The van der Waals surface area contributed by atoms with Crippen LogP contribution >= 0.6 is 11.8 Å². The van der Waals surface area contributed by atoms with Crippen LogP contribution < -0.4 is 9.64 Å². The first-order valence-electron chi connectivity index (χ1n) is 13.1. The van der Waals surface area contributed by atoms with E-state index in [0.717, 1.165) is 28.6 Å². The fourth-order valence-electron chi connectivity index (χ4n) is 4.43. The van der Waals surface area contributed by atoms with Gasteiger partial charge in [0, 0.05) is 23.5 Å². The minimum atomic E-state index is -4.74. The Morgan fingerprint density at radius 3 is 2.46 bits per heavy atom. The Kier molecular flexibility index (Phi) is 8.44. The molecule has 1 saturated heterocycles. The highest BCUT2D eigenvalue weighted by atomic mass is 32.2. The van der Waals surface area contributed by atoms with Gasteiger partial charge in [-0.1, -0.05) is 75.0 Å². The fourth-order valence-corrected chi connectivity index (χ4v) is 5.40. The van der Waals surface area contributed by atoms with E-state index in [1.165, 1.54) is 46.5 Å². The number of amidine groups is 1. The molecule has 0 bridgehead atoms. The summed E-state index contributed by atoms with van der Waals surface area (Å²) >= 11 is 1.72. The number of hydrogen-bond acceptors (Lipinski definition) is 6. The molecule has 1 aliphatic rings. The Balaban J connectivity index is 1.28. The summed E-state index contributed by atoms with van der Waals surface area (Å²) in [4.78, 5) is 6.61. The Morgan fingerprint density at radius 2 is 1.76 bits per heavy atom. The van der Waals surface area contributed by atoms with E-state index in [4.69, 9.17) is 0 Å². The van der Waals surface area contributed by atoms with Crippen LogP contribution in [0.25, 0.3) is 17.1 Å². The minimum Gasteiger partial charge on any atom is -0.406 e. The quantitative estimate of drug-likeness (QED) is 0.167. The molecule has 0 N–H and O–H groups in total. The topological polar surface area (TPSA) is 67.9 Å². The van der Waals surface area contributed by atoms with Gasteiger partial charge in [0.15, 0.2) is 11.0 Å². The molecule has 3 aromatic carbocycles. The lowest BCUT2D eigenvalue weighted by Crippen LogP contribution is -2.39. The lowest BCUT2D eigenvalue weighted by atomic mass is 10.00. The van der Waals surface area contributed by atoms with Gasteiger partial charge in [0.1, 0.15) is 12.1 Å².